The van der Waals surface area contributed by atoms with Crippen LogP contribution in [0.25, 0.3) is 33.1 Å². The van der Waals surface area contributed by atoms with Crippen molar-refractivity contribution in [1.82, 2.24) is 4.98 Å². The van der Waals surface area contributed by atoms with Gasteiger partial charge in [0.25, 0.3) is 0 Å². The van der Waals surface area contributed by atoms with E-state index in [9.17, 15) is 9.59 Å². The van der Waals surface area contributed by atoms with Gasteiger partial charge in [0.2, 0.25) is 0 Å². The lowest BCUT2D eigenvalue weighted by molar-refractivity contribution is 0.0476. The number of pyridine rings is 1. The second kappa shape index (κ2) is 8.60. The number of nitrogens with zero attached hydrogens (tertiary/aromatic N) is 1. The standard InChI is InChI=1S/C29H23NO4/c1-17-8-11-20(12-9-17)26-15-24(23-6-4-5-7-25(23)30-26)29(32)33-16-21-14-27(31)34-28-19(3)18(2)10-13-22(21)28/h4-15H,16H2,1-3H3. The number of rotatable bonds is 4. The first-order valence-corrected chi connectivity index (χ1v) is 11.1. The average Bonchev–Trinajstić information content (AvgIpc) is 2.84. The van der Waals surface area contributed by atoms with Crippen molar-refractivity contribution in [2.45, 2.75) is 27.4 Å². The number of benzene rings is 3. The highest BCUT2D eigenvalue weighted by molar-refractivity contribution is 6.04. The van der Waals surface area contributed by atoms with Crippen molar-refractivity contribution in [3.8, 4) is 11.3 Å². The fraction of sp³-hybridized carbons (Fsp3) is 0.138. The number of hydrogen-bond acceptors (Lipinski definition) is 5. The number of carbonyl (C=O) groups excluding carboxylic acids is 1. The molecule has 0 amide bonds. The minimum atomic E-state index is -0.475. The van der Waals surface area contributed by atoms with Crippen molar-refractivity contribution in [3.05, 3.63) is 111 Å². The molecule has 5 aromatic rings. The number of esters is 1. The average molecular weight is 450 g/mol. The molecule has 0 radical (unpaired) electrons. The Bertz CT molecular complexity index is 1610. The normalized spacial score (nSPS) is 11.1. The molecule has 0 atom stereocenters. The van der Waals surface area contributed by atoms with Gasteiger partial charge in [0.05, 0.1) is 16.8 Å². The van der Waals surface area contributed by atoms with Crippen molar-refractivity contribution in [3.63, 3.8) is 0 Å². The molecule has 0 aliphatic carbocycles. The van der Waals surface area contributed by atoms with Crippen LogP contribution in [0.2, 0.25) is 0 Å². The van der Waals surface area contributed by atoms with Crippen molar-refractivity contribution >= 4 is 27.8 Å². The van der Waals surface area contributed by atoms with Gasteiger partial charge in [-0.25, -0.2) is 14.6 Å². The van der Waals surface area contributed by atoms with E-state index in [0.29, 0.717) is 33.3 Å². The maximum atomic E-state index is 13.3. The van der Waals surface area contributed by atoms with Gasteiger partial charge < -0.3 is 9.15 Å². The number of hydrogen-bond donors (Lipinski definition) is 0. The Labute approximate surface area is 196 Å². The highest BCUT2D eigenvalue weighted by Crippen LogP contribution is 2.27. The summed E-state index contributed by atoms with van der Waals surface area (Å²) in [7, 11) is 0. The predicted molar refractivity (Wildman–Crippen MR) is 133 cm³/mol. The van der Waals surface area contributed by atoms with Crippen LogP contribution in [0.5, 0.6) is 0 Å². The molecule has 2 aromatic heterocycles. The summed E-state index contributed by atoms with van der Waals surface area (Å²) in [5.74, 6) is -0.475. The van der Waals surface area contributed by atoms with Gasteiger partial charge in [-0.1, -0.05) is 60.2 Å². The Kier molecular flexibility index (Phi) is 5.46. The molecular weight excluding hydrogens is 426 g/mol. The number of ether oxygens (including phenoxy) is 1. The third-order valence-corrected chi connectivity index (χ3v) is 6.16. The Morgan fingerprint density at radius 1 is 0.912 bits per heavy atom. The highest BCUT2D eigenvalue weighted by Gasteiger charge is 2.17. The summed E-state index contributed by atoms with van der Waals surface area (Å²) >= 11 is 0. The van der Waals surface area contributed by atoms with Gasteiger partial charge in [-0.3, -0.25) is 0 Å². The quantitative estimate of drug-likeness (QED) is 0.238. The van der Waals surface area contributed by atoms with Gasteiger partial charge in [0.15, 0.2) is 0 Å². The SMILES string of the molecule is Cc1ccc(-c2cc(C(=O)OCc3cc(=O)oc4c(C)c(C)ccc34)c3ccccc3n2)cc1. The molecule has 0 saturated heterocycles. The van der Waals surface area contributed by atoms with E-state index in [0.717, 1.165) is 27.6 Å². The molecule has 0 unspecified atom stereocenters. The number of aromatic nitrogens is 1. The molecular formula is C29H23NO4. The van der Waals surface area contributed by atoms with Gasteiger partial charge in [-0.15, -0.1) is 0 Å². The third-order valence-electron chi connectivity index (χ3n) is 6.16. The minimum absolute atomic E-state index is 0.0417. The first-order chi connectivity index (χ1) is 16.4. The van der Waals surface area contributed by atoms with Crippen molar-refractivity contribution in [2.75, 3.05) is 0 Å². The van der Waals surface area contributed by atoms with E-state index in [1.165, 1.54) is 6.07 Å². The molecule has 5 nitrogen and oxygen atoms in total. The molecule has 0 aliphatic rings. The largest absolute Gasteiger partial charge is 0.457 e. The Balaban J connectivity index is 1.53. The van der Waals surface area contributed by atoms with E-state index >= 15 is 0 Å². The summed E-state index contributed by atoms with van der Waals surface area (Å²) in [5, 5.41) is 1.47. The summed E-state index contributed by atoms with van der Waals surface area (Å²) in [5.41, 5.74) is 6.49. The van der Waals surface area contributed by atoms with Crippen molar-refractivity contribution < 1.29 is 13.9 Å². The lowest BCUT2D eigenvalue weighted by Crippen LogP contribution is -2.09. The van der Waals surface area contributed by atoms with Crippen molar-refractivity contribution in [2.24, 2.45) is 0 Å². The molecule has 0 bridgehead atoms. The summed E-state index contributed by atoms with van der Waals surface area (Å²) in [6.45, 7) is 5.85. The molecule has 0 saturated carbocycles. The van der Waals surface area contributed by atoms with E-state index in [-0.39, 0.29) is 6.61 Å². The zero-order valence-electron chi connectivity index (χ0n) is 19.2. The number of para-hydroxylation sites is 1. The molecule has 0 fully saturated rings. The molecule has 168 valence electrons. The van der Waals surface area contributed by atoms with Crippen LogP contribution in [0, 0.1) is 20.8 Å². The molecule has 34 heavy (non-hydrogen) atoms. The minimum Gasteiger partial charge on any atom is -0.457 e. The second-order valence-electron chi connectivity index (χ2n) is 8.49. The molecule has 0 spiro atoms. The Morgan fingerprint density at radius 3 is 2.47 bits per heavy atom. The summed E-state index contributed by atoms with van der Waals surface area (Å²) in [6.07, 6.45) is 0. The molecule has 2 heterocycles. The monoisotopic (exact) mass is 449 g/mol. The maximum absolute atomic E-state index is 13.3. The molecule has 3 aromatic carbocycles. The van der Waals surface area contributed by atoms with Crippen LogP contribution < -0.4 is 5.63 Å². The molecule has 0 N–H and O–H groups in total. The topological polar surface area (TPSA) is 69.4 Å². The van der Waals surface area contributed by atoms with Crippen LogP contribution in [0.15, 0.2) is 82.0 Å². The van der Waals surface area contributed by atoms with Gasteiger partial charge in [0, 0.05) is 28.0 Å². The van der Waals surface area contributed by atoms with Gasteiger partial charge in [-0.05, 0) is 44.0 Å². The van der Waals surface area contributed by atoms with Crippen LogP contribution in [0.3, 0.4) is 0 Å². The zero-order chi connectivity index (χ0) is 23.8. The number of fused-ring (bicyclic) bond motifs is 2. The van der Waals surface area contributed by atoms with Crippen molar-refractivity contribution in [1.29, 1.82) is 0 Å². The summed E-state index contributed by atoms with van der Waals surface area (Å²) < 4.78 is 11.1. The zero-order valence-corrected chi connectivity index (χ0v) is 19.2. The number of carbonyl (C=O) groups is 1. The van der Waals surface area contributed by atoms with Crippen LogP contribution in [0.1, 0.15) is 32.6 Å². The summed E-state index contributed by atoms with van der Waals surface area (Å²) in [6, 6.07) is 22.5. The van der Waals surface area contributed by atoms with E-state index in [1.54, 1.807) is 6.07 Å². The second-order valence-corrected chi connectivity index (χ2v) is 8.49. The van der Waals surface area contributed by atoms with E-state index in [4.69, 9.17) is 14.1 Å². The first-order valence-electron chi connectivity index (χ1n) is 11.1. The highest BCUT2D eigenvalue weighted by atomic mass is 16.5. The van der Waals surface area contributed by atoms with Gasteiger partial charge >= 0.3 is 11.6 Å². The smallest absolute Gasteiger partial charge is 0.339 e. The fourth-order valence-corrected chi connectivity index (χ4v) is 4.08. The van der Waals surface area contributed by atoms with Crippen LogP contribution in [-0.2, 0) is 11.3 Å². The first kappa shape index (κ1) is 21.6. The predicted octanol–water partition coefficient (Wildman–Crippen LogP) is 6.29. The van der Waals surface area contributed by atoms with Gasteiger partial charge in [-0.2, -0.15) is 0 Å². The van der Waals surface area contributed by atoms with Crippen LogP contribution in [-0.4, -0.2) is 11.0 Å². The molecule has 0 aliphatic heterocycles. The molecule has 5 heteroatoms. The lowest BCUT2D eigenvalue weighted by Gasteiger charge is -2.12. The Morgan fingerprint density at radius 2 is 1.68 bits per heavy atom. The fourth-order valence-electron chi connectivity index (χ4n) is 4.08. The number of aryl methyl sites for hydroxylation is 3. The third kappa shape index (κ3) is 3.97. The maximum Gasteiger partial charge on any atom is 0.339 e. The summed E-state index contributed by atoms with van der Waals surface area (Å²) in [4.78, 5) is 30.2. The molecule has 5 rings (SSSR count). The lowest BCUT2D eigenvalue weighted by atomic mass is 10.0. The van der Waals surface area contributed by atoms with Crippen LogP contribution in [0.4, 0.5) is 0 Å². The van der Waals surface area contributed by atoms with E-state index in [1.807, 2.05) is 81.4 Å². The Hall–Kier alpha value is -4.25. The van der Waals surface area contributed by atoms with Crippen LogP contribution >= 0.6 is 0 Å². The van der Waals surface area contributed by atoms with E-state index in [2.05, 4.69) is 0 Å². The van der Waals surface area contributed by atoms with Gasteiger partial charge in [0.1, 0.15) is 12.2 Å². The van der Waals surface area contributed by atoms with E-state index < -0.39 is 11.6 Å².